The highest BCUT2D eigenvalue weighted by Crippen LogP contribution is 2.03. The molecule has 1 saturated heterocycles. The van der Waals surface area contributed by atoms with Gasteiger partial charge in [0.2, 0.25) is 5.91 Å². The minimum absolute atomic E-state index is 0.0133. The van der Waals surface area contributed by atoms with Gasteiger partial charge >= 0.3 is 5.97 Å². The van der Waals surface area contributed by atoms with E-state index in [9.17, 15) is 9.59 Å². The van der Waals surface area contributed by atoms with Gasteiger partial charge in [-0.3, -0.25) is 9.59 Å². The van der Waals surface area contributed by atoms with Crippen LogP contribution in [0.4, 0.5) is 0 Å². The molecule has 122 valence electrons. The van der Waals surface area contributed by atoms with Gasteiger partial charge in [0, 0.05) is 25.9 Å². The summed E-state index contributed by atoms with van der Waals surface area (Å²) in [4.78, 5) is 24.9. The second kappa shape index (κ2) is 11.5. The molecule has 0 saturated carbocycles. The Morgan fingerprint density at radius 2 is 1.43 bits per heavy atom. The molecule has 0 atom stereocenters. The predicted octanol–water partition coefficient (Wildman–Crippen LogP) is 0.222. The van der Waals surface area contributed by atoms with Crippen molar-refractivity contribution < 1.29 is 28.5 Å². The Morgan fingerprint density at radius 1 is 0.905 bits per heavy atom. The molecule has 0 unspecified atom stereocenters. The third-order valence-electron chi connectivity index (χ3n) is 3.11. The lowest BCUT2D eigenvalue weighted by atomic mass is 10.2. The Bertz CT molecular complexity index is 298. The number of amides is 1. The highest BCUT2D eigenvalue weighted by atomic mass is 16.5. The topological polar surface area (TPSA) is 74.3 Å². The van der Waals surface area contributed by atoms with E-state index in [1.807, 2.05) is 0 Å². The van der Waals surface area contributed by atoms with Gasteiger partial charge in [0.05, 0.1) is 46.8 Å². The van der Waals surface area contributed by atoms with E-state index >= 15 is 0 Å². The van der Waals surface area contributed by atoms with Crippen LogP contribution in [0.25, 0.3) is 0 Å². The molecule has 1 fully saturated rings. The van der Waals surface area contributed by atoms with Gasteiger partial charge < -0.3 is 23.8 Å². The summed E-state index contributed by atoms with van der Waals surface area (Å²) in [6, 6.07) is 0. The molecule has 1 rings (SSSR count). The Hall–Kier alpha value is -1.18. The van der Waals surface area contributed by atoms with Crippen LogP contribution in [0.1, 0.15) is 19.3 Å². The van der Waals surface area contributed by atoms with Crippen molar-refractivity contribution in [1.82, 2.24) is 4.90 Å². The number of carbonyl (C=O) groups is 2. The quantitative estimate of drug-likeness (QED) is 0.692. The zero-order chi connectivity index (χ0) is 15.3. The summed E-state index contributed by atoms with van der Waals surface area (Å²) in [5, 5.41) is 0. The first-order valence-corrected chi connectivity index (χ1v) is 7.32. The second-order valence-electron chi connectivity index (χ2n) is 4.65. The average molecular weight is 303 g/mol. The zero-order valence-corrected chi connectivity index (χ0v) is 12.7. The lowest BCUT2D eigenvalue weighted by Gasteiger charge is -2.23. The van der Waals surface area contributed by atoms with Crippen LogP contribution in [-0.4, -0.2) is 76.6 Å². The summed E-state index contributed by atoms with van der Waals surface area (Å²) in [5.74, 6) is -0.275. The van der Waals surface area contributed by atoms with Crippen LogP contribution in [0.15, 0.2) is 0 Å². The lowest BCUT2D eigenvalue weighted by molar-refractivity contribution is -0.141. The normalized spacial score (nSPS) is 18.4. The molecule has 7 heteroatoms. The molecule has 0 N–H and O–H groups in total. The highest BCUT2D eigenvalue weighted by Gasteiger charge is 2.14. The first-order valence-electron chi connectivity index (χ1n) is 7.32. The van der Waals surface area contributed by atoms with Crippen LogP contribution in [0.3, 0.4) is 0 Å². The molecule has 1 aliphatic heterocycles. The molecule has 0 aromatic rings. The van der Waals surface area contributed by atoms with Gasteiger partial charge in [-0.25, -0.2) is 0 Å². The Labute approximate surface area is 125 Å². The largest absolute Gasteiger partial charge is 0.469 e. The molecule has 0 aliphatic carbocycles. The molecule has 1 heterocycles. The highest BCUT2D eigenvalue weighted by molar-refractivity contribution is 5.77. The van der Waals surface area contributed by atoms with Crippen LogP contribution in [0.2, 0.25) is 0 Å². The van der Waals surface area contributed by atoms with Crippen molar-refractivity contribution in [1.29, 1.82) is 0 Å². The van der Waals surface area contributed by atoms with Crippen molar-refractivity contribution >= 4 is 11.9 Å². The van der Waals surface area contributed by atoms with E-state index in [0.29, 0.717) is 65.6 Å². The van der Waals surface area contributed by atoms with Crippen molar-refractivity contribution in [3.63, 3.8) is 0 Å². The molecule has 0 spiro atoms. The van der Waals surface area contributed by atoms with Crippen LogP contribution in [0, 0.1) is 0 Å². The summed E-state index contributed by atoms with van der Waals surface area (Å²) < 4.78 is 20.7. The first kappa shape index (κ1) is 17.9. The second-order valence-corrected chi connectivity index (χ2v) is 4.65. The fourth-order valence-corrected chi connectivity index (χ4v) is 1.90. The molecule has 0 radical (unpaired) electrons. The van der Waals surface area contributed by atoms with Gasteiger partial charge in [0.25, 0.3) is 0 Å². The molecule has 1 aliphatic rings. The maximum atomic E-state index is 12.1. The zero-order valence-electron chi connectivity index (χ0n) is 12.7. The summed E-state index contributed by atoms with van der Waals surface area (Å²) in [6.45, 7) is 4.13. The predicted molar refractivity (Wildman–Crippen MR) is 74.9 cm³/mol. The summed E-state index contributed by atoms with van der Waals surface area (Å²) in [7, 11) is 1.35. The summed E-state index contributed by atoms with van der Waals surface area (Å²) in [6.07, 6.45) is 1.09. The van der Waals surface area contributed by atoms with E-state index in [1.165, 1.54) is 7.11 Å². The third kappa shape index (κ3) is 8.64. The van der Waals surface area contributed by atoms with Crippen molar-refractivity contribution in [3.8, 4) is 0 Å². The fraction of sp³-hybridized carbons (Fsp3) is 0.857. The van der Waals surface area contributed by atoms with E-state index in [2.05, 4.69) is 4.74 Å². The van der Waals surface area contributed by atoms with Gasteiger partial charge in [-0.2, -0.15) is 0 Å². The van der Waals surface area contributed by atoms with E-state index in [0.717, 1.165) is 0 Å². The summed E-state index contributed by atoms with van der Waals surface area (Å²) >= 11 is 0. The summed E-state index contributed by atoms with van der Waals surface area (Å²) in [5.41, 5.74) is 0. The smallest absolute Gasteiger partial charge is 0.305 e. The van der Waals surface area contributed by atoms with Crippen molar-refractivity contribution in [3.05, 3.63) is 0 Å². The fourth-order valence-electron chi connectivity index (χ4n) is 1.90. The van der Waals surface area contributed by atoms with Gasteiger partial charge in [-0.15, -0.1) is 0 Å². The Kier molecular flexibility index (Phi) is 9.77. The lowest BCUT2D eigenvalue weighted by Crippen LogP contribution is -2.37. The molecule has 0 aromatic heterocycles. The van der Waals surface area contributed by atoms with E-state index < -0.39 is 0 Å². The molecular formula is C14H25NO6. The maximum absolute atomic E-state index is 12.1. The number of hydrogen-bond donors (Lipinski definition) is 0. The standard InChI is InChI=1S/C14H25NO6/c1-18-14(17)4-2-3-13(16)15-5-7-19-9-11-21-12-10-20-8-6-15/h2-12H2,1H3. The van der Waals surface area contributed by atoms with Gasteiger partial charge in [-0.1, -0.05) is 0 Å². The average Bonchev–Trinajstić information content (AvgIpc) is 2.47. The minimum atomic E-state index is -0.289. The van der Waals surface area contributed by atoms with Gasteiger partial charge in [0.1, 0.15) is 0 Å². The number of hydrogen-bond acceptors (Lipinski definition) is 6. The van der Waals surface area contributed by atoms with Crippen LogP contribution in [0.5, 0.6) is 0 Å². The number of rotatable bonds is 4. The third-order valence-corrected chi connectivity index (χ3v) is 3.11. The Balaban J connectivity index is 2.31. The number of esters is 1. The van der Waals surface area contributed by atoms with E-state index in [1.54, 1.807) is 4.90 Å². The van der Waals surface area contributed by atoms with Gasteiger partial charge in [0.15, 0.2) is 0 Å². The first-order chi connectivity index (χ1) is 10.2. The number of nitrogens with zero attached hydrogens (tertiary/aromatic N) is 1. The Morgan fingerprint density at radius 3 is 1.95 bits per heavy atom. The van der Waals surface area contributed by atoms with Crippen LogP contribution >= 0.6 is 0 Å². The molecule has 21 heavy (non-hydrogen) atoms. The SMILES string of the molecule is COC(=O)CCCC(=O)N1CCOCCOCCOCC1. The molecule has 1 amide bonds. The monoisotopic (exact) mass is 303 g/mol. The van der Waals surface area contributed by atoms with Gasteiger partial charge in [-0.05, 0) is 6.42 Å². The maximum Gasteiger partial charge on any atom is 0.305 e. The van der Waals surface area contributed by atoms with Crippen molar-refractivity contribution in [2.24, 2.45) is 0 Å². The van der Waals surface area contributed by atoms with E-state index in [-0.39, 0.29) is 18.3 Å². The molecule has 0 aromatic carbocycles. The number of methoxy groups -OCH3 is 1. The van der Waals surface area contributed by atoms with Crippen LogP contribution in [-0.2, 0) is 28.5 Å². The molecule has 7 nitrogen and oxygen atoms in total. The molecule has 0 bridgehead atoms. The van der Waals surface area contributed by atoms with Crippen molar-refractivity contribution in [2.45, 2.75) is 19.3 Å². The number of carbonyl (C=O) groups excluding carboxylic acids is 2. The minimum Gasteiger partial charge on any atom is -0.469 e. The molecular weight excluding hydrogens is 278 g/mol. The van der Waals surface area contributed by atoms with Crippen molar-refractivity contribution in [2.75, 3.05) is 59.8 Å². The van der Waals surface area contributed by atoms with E-state index in [4.69, 9.17) is 14.2 Å². The number of ether oxygens (including phenoxy) is 4. The van der Waals surface area contributed by atoms with Crippen LogP contribution < -0.4 is 0 Å².